The quantitative estimate of drug-likeness (QED) is 0.466. The molecule has 0 aromatic heterocycles. The molecule has 0 aromatic rings. The zero-order valence-electron chi connectivity index (χ0n) is 5.95. The molecule has 2 fully saturated rings. The van der Waals surface area contributed by atoms with Crippen LogP contribution in [0.2, 0.25) is 12.6 Å². The molecule has 2 saturated heterocycles. The minimum absolute atomic E-state index is 0.839. The van der Waals surface area contributed by atoms with Crippen molar-refractivity contribution in [1.29, 1.82) is 0 Å². The molecule has 0 bridgehead atoms. The second-order valence-corrected chi connectivity index (χ2v) is 3.60. The topological polar surface area (TPSA) is 12.0 Å². The molecule has 1 N–H and O–H groups in total. The molecule has 0 amide bonds. The van der Waals surface area contributed by atoms with Gasteiger partial charge >= 0.3 is 0 Å². The van der Waals surface area contributed by atoms with Gasteiger partial charge < -0.3 is 5.32 Å². The highest BCUT2D eigenvalue weighted by molar-refractivity contribution is 6.40. The molecule has 1 nitrogen and oxygen atoms in total. The predicted molar refractivity (Wildman–Crippen MR) is 41.3 cm³/mol. The van der Waals surface area contributed by atoms with Gasteiger partial charge in [0, 0.05) is 0 Å². The van der Waals surface area contributed by atoms with Gasteiger partial charge in [-0.3, -0.25) is 0 Å². The van der Waals surface area contributed by atoms with E-state index < -0.39 is 0 Å². The Morgan fingerprint density at radius 3 is 2.11 bits per heavy atom. The Hall–Kier alpha value is 0.0249. The maximum Gasteiger partial charge on any atom is 0.121 e. The van der Waals surface area contributed by atoms with Gasteiger partial charge in [0.1, 0.15) is 7.28 Å². The fourth-order valence-electron chi connectivity index (χ4n) is 2.13. The molecule has 50 valence electrons. The van der Waals surface area contributed by atoms with Crippen LogP contribution in [0.4, 0.5) is 0 Å². The Labute approximate surface area is 57.5 Å². The molecule has 2 rings (SSSR count). The molecule has 0 aromatic carbocycles. The van der Waals surface area contributed by atoms with Gasteiger partial charge in [-0.15, -0.1) is 0 Å². The third-order valence-corrected chi connectivity index (χ3v) is 3.08. The van der Waals surface area contributed by atoms with Gasteiger partial charge in [0.25, 0.3) is 0 Å². The van der Waals surface area contributed by atoms with Crippen LogP contribution in [0.3, 0.4) is 0 Å². The van der Waals surface area contributed by atoms with Crippen molar-refractivity contribution in [3.63, 3.8) is 0 Å². The Kier molecular flexibility index (Phi) is 1.29. The average Bonchev–Trinajstić information content (AvgIpc) is 1.87. The maximum absolute atomic E-state index is 3.41. The summed E-state index contributed by atoms with van der Waals surface area (Å²) >= 11 is 0. The van der Waals surface area contributed by atoms with Crippen LogP contribution in [-0.2, 0) is 0 Å². The van der Waals surface area contributed by atoms with Crippen LogP contribution in [0, 0.1) is 5.41 Å². The minimum Gasteiger partial charge on any atom is -0.317 e. The standard InChI is InChI=1S/C7H14BN/c1-3-9-4-2-7(1)5-8-6-7/h8-9H,1-6H2. The van der Waals surface area contributed by atoms with Crippen molar-refractivity contribution < 1.29 is 0 Å². The number of piperidine rings is 1. The molecular weight excluding hydrogens is 109 g/mol. The van der Waals surface area contributed by atoms with Crippen molar-refractivity contribution in [3.05, 3.63) is 0 Å². The van der Waals surface area contributed by atoms with Gasteiger partial charge in [0.2, 0.25) is 0 Å². The van der Waals surface area contributed by atoms with E-state index >= 15 is 0 Å². The summed E-state index contributed by atoms with van der Waals surface area (Å²) in [6.07, 6.45) is 5.95. The van der Waals surface area contributed by atoms with Crippen LogP contribution in [-0.4, -0.2) is 20.4 Å². The van der Waals surface area contributed by atoms with E-state index in [4.69, 9.17) is 0 Å². The lowest BCUT2D eigenvalue weighted by Crippen LogP contribution is -2.43. The lowest BCUT2D eigenvalue weighted by molar-refractivity contribution is 0.233. The molecule has 1 spiro atoms. The van der Waals surface area contributed by atoms with E-state index in [2.05, 4.69) is 5.32 Å². The molecule has 9 heavy (non-hydrogen) atoms. The second kappa shape index (κ2) is 2.01. The van der Waals surface area contributed by atoms with E-state index in [1.165, 1.54) is 45.9 Å². The highest BCUT2D eigenvalue weighted by Gasteiger charge is 2.37. The van der Waals surface area contributed by atoms with Gasteiger partial charge in [-0.1, -0.05) is 12.6 Å². The molecule has 0 saturated carbocycles. The highest BCUT2D eigenvalue weighted by Crippen LogP contribution is 2.44. The molecule has 2 aliphatic rings. The van der Waals surface area contributed by atoms with Crippen molar-refractivity contribution >= 4 is 7.28 Å². The average molecular weight is 123 g/mol. The summed E-state index contributed by atoms with van der Waals surface area (Å²) in [6, 6.07) is 0. The van der Waals surface area contributed by atoms with Crippen LogP contribution in [0.1, 0.15) is 12.8 Å². The van der Waals surface area contributed by atoms with Gasteiger partial charge in [-0.25, -0.2) is 0 Å². The van der Waals surface area contributed by atoms with Crippen LogP contribution in [0.25, 0.3) is 0 Å². The summed E-state index contributed by atoms with van der Waals surface area (Å²) in [5.41, 5.74) is 0.839. The Morgan fingerprint density at radius 1 is 1.11 bits per heavy atom. The van der Waals surface area contributed by atoms with Crippen molar-refractivity contribution in [2.45, 2.75) is 25.5 Å². The molecule has 0 unspecified atom stereocenters. The Bertz CT molecular complexity index is 101. The zero-order valence-corrected chi connectivity index (χ0v) is 5.95. The largest absolute Gasteiger partial charge is 0.317 e. The van der Waals surface area contributed by atoms with Crippen molar-refractivity contribution in [1.82, 2.24) is 5.32 Å². The summed E-state index contributed by atoms with van der Waals surface area (Å²) in [4.78, 5) is 0. The number of hydrogen-bond donors (Lipinski definition) is 1. The zero-order chi connectivity index (χ0) is 6.16. The number of hydrogen-bond acceptors (Lipinski definition) is 1. The van der Waals surface area contributed by atoms with Gasteiger partial charge in [0.15, 0.2) is 0 Å². The van der Waals surface area contributed by atoms with Crippen molar-refractivity contribution in [3.8, 4) is 0 Å². The summed E-state index contributed by atoms with van der Waals surface area (Å²) in [5, 5.41) is 3.41. The first-order chi connectivity index (χ1) is 4.41. The minimum atomic E-state index is 0.839. The van der Waals surface area contributed by atoms with Crippen LogP contribution < -0.4 is 5.32 Å². The van der Waals surface area contributed by atoms with E-state index in [0.717, 1.165) is 5.41 Å². The SMILES string of the molecule is B1CC2(C1)CCNCC2. The first-order valence-corrected chi connectivity index (χ1v) is 4.12. The highest BCUT2D eigenvalue weighted by atomic mass is 14.9. The molecule has 0 aliphatic carbocycles. The van der Waals surface area contributed by atoms with Gasteiger partial charge in [-0.05, 0) is 31.3 Å². The molecular formula is C7H14BN. The lowest BCUT2D eigenvalue weighted by atomic mass is 9.40. The first-order valence-electron chi connectivity index (χ1n) is 4.12. The van der Waals surface area contributed by atoms with E-state index in [1.807, 2.05) is 0 Å². The van der Waals surface area contributed by atoms with E-state index in [-0.39, 0.29) is 0 Å². The van der Waals surface area contributed by atoms with E-state index in [9.17, 15) is 0 Å². The fourth-order valence-corrected chi connectivity index (χ4v) is 2.13. The first kappa shape index (κ1) is 5.78. The summed E-state index contributed by atoms with van der Waals surface area (Å²) in [7, 11) is 1.50. The Morgan fingerprint density at radius 2 is 1.78 bits per heavy atom. The van der Waals surface area contributed by atoms with E-state index in [1.54, 1.807) is 0 Å². The van der Waals surface area contributed by atoms with Crippen LogP contribution >= 0.6 is 0 Å². The fraction of sp³-hybridized carbons (Fsp3) is 1.00. The molecule has 2 heteroatoms. The molecule has 0 atom stereocenters. The normalized spacial score (nSPS) is 31.1. The molecule has 2 heterocycles. The van der Waals surface area contributed by atoms with Gasteiger partial charge in [-0.2, -0.15) is 0 Å². The van der Waals surface area contributed by atoms with Crippen molar-refractivity contribution in [2.75, 3.05) is 13.1 Å². The summed E-state index contributed by atoms with van der Waals surface area (Å²) in [5.74, 6) is 0. The monoisotopic (exact) mass is 123 g/mol. The summed E-state index contributed by atoms with van der Waals surface area (Å²) in [6.45, 7) is 2.56. The third-order valence-electron chi connectivity index (χ3n) is 3.08. The molecule has 0 radical (unpaired) electrons. The smallest absolute Gasteiger partial charge is 0.121 e. The maximum atomic E-state index is 3.41. The van der Waals surface area contributed by atoms with E-state index in [0.29, 0.717) is 0 Å². The van der Waals surface area contributed by atoms with Crippen LogP contribution in [0.15, 0.2) is 0 Å². The number of rotatable bonds is 0. The van der Waals surface area contributed by atoms with Crippen molar-refractivity contribution in [2.24, 2.45) is 5.41 Å². The molecule has 2 aliphatic heterocycles. The third kappa shape index (κ3) is 0.897. The number of nitrogens with one attached hydrogen (secondary N) is 1. The van der Waals surface area contributed by atoms with Gasteiger partial charge in [0.05, 0.1) is 0 Å². The summed E-state index contributed by atoms with van der Waals surface area (Å²) < 4.78 is 0. The van der Waals surface area contributed by atoms with Crippen LogP contribution in [0.5, 0.6) is 0 Å². The predicted octanol–water partition coefficient (Wildman–Crippen LogP) is 0.643. The second-order valence-electron chi connectivity index (χ2n) is 3.60. The Balaban J connectivity index is 1.93. The lowest BCUT2D eigenvalue weighted by Gasteiger charge is -2.44.